The molecular weight excluding hydrogens is 217 g/mol. The summed E-state index contributed by atoms with van der Waals surface area (Å²) in [6.45, 7) is 5.82. The van der Waals surface area contributed by atoms with Crippen LogP contribution in [0.3, 0.4) is 0 Å². The number of nitrogens with zero attached hydrogens (tertiary/aromatic N) is 3. The quantitative estimate of drug-likeness (QED) is 0.593. The van der Waals surface area contributed by atoms with Gasteiger partial charge in [-0.3, -0.25) is 4.40 Å². The van der Waals surface area contributed by atoms with Crippen LogP contribution >= 0.6 is 0 Å². The van der Waals surface area contributed by atoms with E-state index in [1.54, 1.807) is 6.07 Å². The molecule has 0 amide bonds. The zero-order valence-corrected chi connectivity index (χ0v) is 9.95. The van der Waals surface area contributed by atoms with Crippen LogP contribution in [0.4, 0.5) is 4.39 Å². The minimum atomic E-state index is -0.254. The summed E-state index contributed by atoms with van der Waals surface area (Å²) in [6, 6.07) is 4.63. The predicted molar refractivity (Wildman–Crippen MR) is 64.7 cm³/mol. The molecule has 0 radical (unpaired) electrons. The maximum atomic E-state index is 13.3. The Morgan fingerprint density at radius 3 is 2.53 bits per heavy atom. The van der Waals surface area contributed by atoms with Gasteiger partial charge >= 0.3 is 0 Å². The van der Waals surface area contributed by atoms with E-state index in [0.29, 0.717) is 0 Å². The SMILES string of the molecule is Cc1nc(C)n2c1c(C)nc1ccc(F)cc12. The van der Waals surface area contributed by atoms with Gasteiger partial charge in [-0.05, 0) is 32.9 Å². The van der Waals surface area contributed by atoms with Gasteiger partial charge in [-0.1, -0.05) is 0 Å². The fourth-order valence-electron chi connectivity index (χ4n) is 2.39. The fourth-order valence-corrected chi connectivity index (χ4v) is 2.39. The highest BCUT2D eigenvalue weighted by Crippen LogP contribution is 2.22. The molecule has 0 saturated heterocycles. The molecule has 0 fully saturated rings. The number of aromatic nitrogens is 3. The molecule has 3 aromatic rings. The van der Waals surface area contributed by atoms with Gasteiger partial charge < -0.3 is 0 Å². The standard InChI is InChI=1S/C13H12FN3/c1-7-13-8(2)16-11-5-4-10(14)6-12(11)17(13)9(3)15-7/h4-6H,1-3H3. The van der Waals surface area contributed by atoms with Gasteiger partial charge in [0.15, 0.2) is 0 Å². The zero-order valence-electron chi connectivity index (χ0n) is 9.95. The lowest BCUT2D eigenvalue weighted by molar-refractivity contribution is 0.629. The molecular formula is C13H12FN3. The Morgan fingerprint density at radius 1 is 1.06 bits per heavy atom. The Hall–Kier alpha value is -1.97. The molecule has 2 aromatic heterocycles. The van der Waals surface area contributed by atoms with Crippen LogP contribution in [-0.4, -0.2) is 14.4 Å². The first-order chi connectivity index (χ1) is 8.08. The van der Waals surface area contributed by atoms with Crippen LogP contribution in [0.15, 0.2) is 18.2 Å². The van der Waals surface area contributed by atoms with Gasteiger partial charge in [0.05, 0.1) is 27.9 Å². The Balaban J connectivity index is 2.65. The molecule has 3 nitrogen and oxygen atoms in total. The lowest BCUT2D eigenvalue weighted by Crippen LogP contribution is -1.97. The van der Waals surface area contributed by atoms with Crippen molar-refractivity contribution in [2.75, 3.05) is 0 Å². The third kappa shape index (κ3) is 1.33. The van der Waals surface area contributed by atoms with Crippen LogP contribution in [0.5, 0.6) is 0 Å². The Morgan fingerprint density at radius 2 is 1.76 bits per heavy atom. The molecule has 0 aliphatic heterocycles. The van der Waals surface area contributed by atoms with Crippen molar-refractivity contribution in [2.24, 2.45) is 0 Å². The van der Waals surface area contributed by atoms with Crippen LogP contribution in [0, 0.1) is 26.6 Å². The lowest BCUT2D eigenvalue weighted by atomic mass is 10.2. The highest BCUT2D eigenvalue weighted by atomic mass is 19.1. The molecule has 2 heterocycles. The summed E-state index contributed by atoms with van der Waals surface area (Å²) in [6.07, 6.45) is 0. The molecule has 0 N–H and O–H groups in total. The van der Waals surface area contributed by atoms with Gasteiger partial charge in [0.2, 0.25) is 0 Å². The van der Waals surface area contributed by atoms with E-state index in [1.807, 2.05) is 25.2 Å². The van der Waals surface area contributed by atoms with E-state index < -0.39 is 0 Å². The first-order valence-corrected chi connectivity index (χ1v) is 5.49. The second-order valence-electron chi connectivity index (χ2n) is 4.26. The van der Waals surface area contributed by atoms with E-state index in [0.717, 1.165) is 33.8 Å². The minimum absolute atomic E-state index is 0.254. The van der Waals surface area contributed by atoms with Crippen LogP contribution in [0.2, 0.25) is 0 Å². The normalized spacial score (nSPS) is 11.5. The average Bonchev–Trinajstić information content (AvgIpc) is 2.56. The summed E-state index contributed by atoms with van der Waals surface area (Å²) in [5.41, 5.74) is 4.38. The molecule has 0 aliphatic carbocycles. The number of aryl methyl sites for hydroxylation is 3. The van der Waals surface area contributed by atoms with E-state index in [9.17, 15) is 4.39 Å². The van der Waals surface area contributed by atoms with Crippen molar-refractivity contribution >= 4 is 16.6 Å². The highest BCUT2D eigenvalue weighted by molar-refractivity contribution is 5.80. The van der Waals surface area contributed by atoms with Crippen molar-refractivity contribution in [3.8, 4) is 0 Å². The van der Waals surface area contributed by atoms with Crippen LogP contribution in [0.1, 0.15) is 17.2 Å². The van der Waals surface area contributed by atoms with Gasteiger partial charge in [0.25, 0.3) is 0 Å². The first-order valence-electron chi connectivity index (χ1n) is 5.49. The van der Waals surface area contributed by atoms with Gasteiger partial charge in [-0.15, -0.1) is 0 Å². The summed E-state index contributed by atoms with van der Waals surface area (Å²) in [7, 11) is 0. The number of fused-ring (bicyclic) bond motifs is 3. The van der Waals surface area contributed by atoms with Gasteiger partial charge in [0.1, 0.15) is 11.6 Å². The molecule has 0 spiro atoms. The van der Waals surface area contributed by atoms with Gasteiger partial charge in [-0.25, -0.2) is 14.4 Å². The summed E-state index contributed by atoms with van der Waals surface area (Å²) in [4.78, 5) is 8.92. The van der Waals surface area contributed by atoms with E-state index in [-0.39, 0.29) is 5.82 Å². The molecule has 17 heavy (non-hydrogen) atoms. The lowest BCUT2D eigenvalue weighted by Gasteiger charge is -2.06. The maximum absolute atomic E-state index is 13.3. The number of benzene rings is 1. The number of hydrogen-bond acceptors (Lipinski definition) is 2. The molecule has 0 atom stereocenters. The van der Waals surface area contributed by atoms with E-state index >= 15 is 0 Å². The van der Waals surface area contributed by atoms with Gasteiger partial charge in [0, 0.05) is 6.07 Å². The fraction of sp³-hybridized carbons (Fsp3) is 0.231. The second kappa shape index (κ2) is 3.26. The van der Waals surface area contributed by atoms with Crippen molar-refractivity contribution in [3.05, 3.63) is 41.2 Å². The van der Waals surface area contributed by atoms with Crippen LogP contribution in [-0.2, 0) is 0 Å². The highest BCUT2D eigenvalue weighted by Gasteiger charge is 2.12. The third-order valence-corrected chi connectivity index (χ3v) is 3.03. The first kappa shape index (κ1) is 10.2. The van der Waals surface area contributed by atoms with Crippen molar-refractivity contribution in [1.82, 2.24) is 14.4 Å². The molecule has 4 heteroatoms. The monoisotopic (exact) mass is 229 g/mol. The third-order valence-electron chi connectivity index (χ3n) is 3.03. The molecule has 0 saturated carbocycles. The summed E-state index contributed by atoms with van der Waals surface area (Å²) in [5.74, 6) is 0.605. The van der Waals surface area contributed by atoms with Crippen molar-refractivity contribution in [1.29, 1.82) is 0 Å². The average molecular weight is 229 g/mol. The molecule has 0 unspecified atom stereocenters. The molecule has 0 aliphatic rings. The van der Waals surface area contributed by atoms with E-state index in [1.165, 1.54) is 12.1 Å². The smallest absolute Gasteiger partial charge is 0.125 e. The summed E-state index contributed by atoms with van der Waals surface area (Å²) >= 11 is 0. The van der Waals surface area contributed by atoms with Crippen molar-refractivity contribution in [3.63, 3.8) is 0 Å². The molecule has 0 bridgehead atoms. The number of imidazole rings is 1. The van der Waals surface area contributed by atoms with Crippen molar-refractivity contribution < 1.29 is 4.39 Å². The number of halogens is 1. The second-order valence-corrected chi connectivity index (χ2v) is 4.26. The zero-order chi connectivity index (χ0) is 12.2. The maximum Gasteiger partial charge on any atom is 0.125 e. The molecule has 3 rings (SSSR count). The van der Waals surface area contributed by atoms with Crippen LogP contribution in [0.25, 0.3) is 16.6 Å². The Labute approximate surface area is 97.9 Å². The topological polar surface area (TPSA) is 30.2 Å². The summed E-state index contributed by atoms with van der Waals surface area (Å²) < 4.78 is 15.3. The predicted octanol–water partition coefficient (Wildman–Crippen LogP) is 2.95. The Kier molecular flexibility index (Phi) is 1.96. The Bertz CT molecular complexity index is 743. The van der Waals surface area contributed by atoms with E-state index in [2.05, 4.69) is 9.97 Å². The number of hydrogen-bond donors (Lipinski definition) is 0. The number of rotatable bonds is 0. The van der Waals surface area contributed by atoms with Crippen LogP contribution < -0.4 is 0 Å². The van der Waals surface area contributed by atoms with Crippen molar-refractivity contribution in [2.45, 2.75) is 20.8 Å². The summed E-state index contributed by atoms with van der Waals surface area (Å²) in [5, 5.41) is 0. The largest absolute Gasteiger partial charge is 0.293 e. The molecule has 86 valence electrons. The minimum Gasteiger partial charge on any atom is -0.293 e. The van der Waals surface area contributed by atoms with E-state index in [4.69, 9.17) is 0 Å². The van der Waals surface area contributed by atoms with Gasteiger partial charge in [-0.2, -0.15) is 0 Å². The molecule has 1 aromatic carbocycles.